The largest absolute Gasteiger partial charge is 0.492 e. The van der Waals surface area contributed by atoms with E-state index in [1.807, 2.05) is 24.4 Å². The van der Waals surface area contributed by atoms with Gasteiger partial charge in [0.2, 0.25) is 0 Å². The first-order chi connectivity index (χ1) is 9.81. The molecule has 0 unspecified atom stereocenters. The number of ether oxygens (including phenoxy) is 1. The monoisotopic (exact) mass is 334 g/mol. The molecule has 20 heavy (non-hydrogen) atoms. The standard InChI is InChI=1S/C16H19BrN2O/c1-2-18-12-14-6-3-7-15(17)16(14)20-10-8-13-5-4-9-19-11-13/h3-7,9,11,18H,2,8,10,12H2,1H3. The molecule has 0 spiro atoms. The molecule has 1 aromatic heterocycles. The molecule has 0 aliphatic heterocycles. The Morgan fingerprint density at radius 2 is 2.15 bits per heavy atom. The van der Waals surface area contributed by atoms with Gasteiger partial charge in [0.25, 0.3) is 0 Å². The number of aromatic nitrogens is 1. The maximum absolute atomic E-state index is 5.95. The highest BCUT2D eigenvalue weighted by molar-refractivity contribution is 9.10. The molecule has 0 saturated heterocycles. The highest BCUT2D eigenvalue weighted by Crippen LogP contribution is 2.29. The number of nitrogens with zero attached hydrogens (tertiary/aromatic N) is 1. The molecule has 0 bridgehead atoms. The second-order valence-electron chi connectivity index (χ2n) is 4.47. The number of pyridine rings is 1. The number of hydrogen-bond donors (Lipinski definition) is 1. The fourth-order valence-electron chi connectivity index (χ4n) is 1.93. The molecule has 0 aliphatic carbocycles. The van der Waals surface area contributed by atoms with Crippen molar-refractivity contribution in [1.82, 2.24) is 10.3 Å². The minimum Gasteiger partial charge on any atom is -0.492 e. The predicted molar refractivity (Wildman–Crippen MR) is 85.0 cm³/mol. The second kappa shape index (κ2) is 8.02. The van der Waals surface area contributed by atoms with Crippen molar-refractivity contribution in [1.29, 1.82) is 0 Å². The van der Waals surface area contributed by atoms with Gasteiger partial charge >= 0.3 is 0 Å². The van der Waals surface area contributed by atoms with Crippen LogP contribution in [0.4, 0.5) is 0 Å². The van der Waals surface area contributed by atoms with Gasteiger partial charge in [0.1, 0.15) is 5.75 Å². The quantitative estimate of drug-likeness (QED) is 0.840. The van der Waals surface area contributed by atoms with Gasteiger partial charge in [-0.15, -0.1) is 0 Å². The van der Waals surface area contributed by atoms with Crippen molar-refractivity contribution < 1.29 is 4.74 Å². The Hall–Kier alpha value is -1.39. The number of benzene rings is 1. The lowest BCUT2D eigenvalue weighted by Gasteiger charge is -2.13. The number of rotatable bonds is 7. The number of hydrogen-bond acceptors (Lipinski definition) is 3. The van der Waals surface area contributed by atoms with Gasteiger partial charge < -0.3 is 10.1 Å². The Balaban J connectivity index is 1.97. The van der Waals surface area contributed by atoms with Crippen molar-refractivity contribution >= 4 is 15.9 Å². The molecule has 0 aliphatic rings. The van der Waals surface area contributed by atoms with Gasteiger partial charge in [-0.05, 0) is 40.2 Å². The summed E-state index contributed by atoms with van der Waals surface area (Å²) >= 11 is 3.56. The predicted octanol–water partition coefficient (Wildman–Crippen LogP) is 3.58. The molecule has 1 N–H and O–H groups in total. The Kier molecular flexibility index (Phi) is 6.02. The molecule has 0 radical (unpaired) electrons. The topological polar surface area (TPSA) is 34.1 Å². The lowest BCUT2D eigenvalue weighted by Crippen LogP contribution is -2.13. The van der Waals surface area contributed by atoms with Crippen LogP contribution in [0.5, 0.6) is 5.75 Å². The van der Waals surface area contributed by atoms with Crippen LogP contribution in [0.25, 0.3) is 0 Å². The van der Waals surface area contributed by atoms with Crippen LogP contribution in [-0.2, 0) is 13.0 Å². The third-order valence-electron chi connectivity index (χ3n) is 2.97. The Bertz CT molecular complexity index is 531. The second-order valence-corrected chi connectivity index (χ2v) is 5.32. The number of para-hydroxylation sites is 1. The van der Waals surface area contributed by atoms with Crippen LogP contribution in [0.3, 0.4) is 0 Å². The highest BCUT2D eigenvalue weighted by atomic mass is 79.9. The van der Waals surface area contributed by atoms with E-state index in [4.69, 9.17) is 4.74 Å². The van der Waals surface area contributed by atoms with E-state index in [1.54, 1.807) is 6.20 Å². The van der Waals surface area contributed by atoms with Crippen LogP contribution in [0.15, 0.2) is 47.2 Å². The van der Waals surface area contributed by atoms with Gasteiger partial charge in [-0.2, -0.15) is 0 Å². The zero-order chi connectivity index (χ0) is 14.2. The van der Waals surface area contributed by atoms with E-state index in [2.05, 4.69) is 45.3 Å². The van der Waals surface area contributed by atoms with E-state index in [0.717, 1.165) is 29.7 Å². The lowest BCUT2D eigenvalue weighted by atomic mass is 10.2. The molecule has 106 valence electrons. The third-order valence-corrected chi connectivity index (χ3v) is 3.60. The molecular weight excluding hydrogens is 316 g/mol. The van der Waals surface area contributed by atoms with Crippen LogP contribution in [0.2, 0.25) is 0 Å². The van der Waals surface area contributed by atoms with Gasteiger partial charge in [-0.3, -0.25) is 4.98 Å². The Morgan fingerprint density at radius 3 is 2.90 bits per heavy atom. The van der Waals surface area contributed by atoms with Crippen molar-refractivity contribution in [2.45, 2.75) is 19.9 Å². The summed E-state index contributed by atoms with van der Waals surface area (Å²) in [5.41, 5.74) is 2.36. The summed E-state index contributed by atoms with van der Waals surface area (Å²) in [6, 6.07) is 10.1. The molecule has 1 aromatic carbocycles. The van der Waals surface area contributed by atoms with Crippen LogP contribution >= 0.6 is 15.9 Å². The average Bonchev–Trinajstić information content (AvgIpc) is 2.48. The minimum absolute atomic E-state index is 0.646. The SMILES string of the molecule is CCNCc1cccc(Br)c1OCCc1cccnc1. The zero-order valence-electron chi connectivity index (χ0n) is 11.6. The van der Waals surface area contributed by atoms with Crippen LogP contribution in [-0.4, -0.2) is 18.1 Å². The summed E-state index contributed by atoms with van der Waals surface area (Å²) in [4.78, 5) is 4.11. The maximum Gasteiger partial charge on any atom is 0.137 e. The third kappa shape index (κ3) is 4.32. The highest BCUT2D eigenvalue weighted by Gasteiger charge is 2.07. The van der Waals surface area contributed by atoms with Crippen molar-refractivity contribution in [3.8, 4) is 5.75 Å². The van der Waals surface area contributed by atoms with Crippen molar-refractivity contribution in [2.75, 3.05) is 13.2 Å². The fourth-order valence-corrected chi connectivity index (χ4v) is 2.45. The normalized spacial score (nSPS) is 10.5. The Morgan fingerprint density at radius 1 is 1.25 bits per heavy atom. The van der Waals surface area contributed by atoms with E-state index in [9.17, 15) is 0 Å². The first-order valence-corrected chi connectivity index (χ1v) is 7.60. The van der Waals surface area contributed by atoms with E-state index >= 15 is 0 Å². The van der Waals surface area contributed by atoms with Crippen LogP contribution < -0.4 is 10.1 Å². The fraction of sp³-hybridized carbons (Fsp3) is 0.312. The summed E-state index contributed by atoms with van der Waals surface area (Å²) in [6.45, 7) is 4.51. The van der Waals surface area contributed by atoms with E-state index in [-0.39, 0.29) is 0 Å². The van der Waals surface area contributed by atoms with Crippen molar-refractivity contribution in [3.63, 3.8) is 0 Å². The first-order valence-electron chi connectivity index (χ1n) is 6.81. The molecule has 3 nitrogen and oxygen atoms in total. The van der Waals surface area contributed by atoms with Crippen molar-refractivity contribution in [3.05, 3.63) is 58.3 Å². The smallest absolute Gasteiger partial charge is 0.137 e. The van der Waals surface area contributed by atoms with E-state index in [1.165, 1.54) is 11.1 Å². The molecule has 0 atom stereocenters. The molecule has 0 saturated carbocycles. The molecule has 4 heteroatoms. The number of nitrogens with one attached hydrogen (secondary N) is 1. The van der Waals surface area contributed by atoms with Gasteiger partial charge in [-0.1, -0.05) is 25.1 Å². The van der Waals surface area contributed by atoms with Gasteiger partial charge in [-0.25, -0.2) is 0 Å². The molecule has 1 heterocycles. The van der Waals surface area contributed by atoms with Gasteiger partial charge in [0, 0.05) is 30.9 Å². The van der Waals surface area contributed by atoms with Gasteiger partial charge in [0.05, 0.1) is 11.1 Å². The van der Waals surface area contributed by atoms with Crippen LogP contribution in [0.1, 0.15) is 18.1 Å². The molecule has 2 aromatic rings. The van der Waals surface area contributed by atoms with E-state index < -0.39 is 0 Å². The van der Waals surface area contributed by atoms with Crippen LogP contribution in [0, 0.1) is 0 Å². The summed E-state index contributed by atoms with van der Waals surface area (Å²) in [6.07, 6.45) is 4.52. The summed E-state index contributed by atoms with van der Waals surface area (Å²) in [5, 5.41) is 3.33. The first kappa shape index (κ1) is 15.0. The Labute approximate surface area is 128 Å². The summed E-state index contributed by atoms with van der Waals surface area (Å²) in [7, 11) is 0. The molecule has 0 amide bonds. The van der Waals surface area contributed by atoms with Crippen molar-refractivity contribution in [2.24, 2.45) is 0 Å². The van der Waals surface area contributed by atoms with Gasteiger partial charge in [0.15, 0.2) is 0 Å². The summed E-state index contributed by atoms with van der Waals surface area (Å²) < 4.78 is 6.95. The molecule has 0 fully saturated rings. The van der Waals surface area contributed by atoms with E-state index in [0.29, 0.717) is 6.61 Å². The zero-order valence-corrected chi connectivity index (χ0v) is 13.2. The average molecular weight is 335 g/mol. The lowest BCUT2D eigenvalue weighted by molar-refractivity contribution is 0.315. The number of halogens is 1. The maximum atomic E-state index is 5.95. The molecule has 2 rings (SSSR count). The molecular formula is C16H19BrN2O. The minimum atomic E-state index is 0.646. The summed E-state index contributed by atoms with van der Waals surface area (Å²) in [5.74, 6) is 0.928.